The Morgan fingerprint density at radius 1 is 1.00 bits per heavy atom. The summed E-state index contributed by atoms with van der Waals surface area (Å²) in [5.74, 6) is 0. The van der Waals surface area contributed by atoms with Crippen molar-refractivity contribution in [2.75, 3.05) is 51.7 Å². The van der Waals surface area contributed by atoms with Crippen molar-refractivity contribution in [3.8, 4) is 0 Å². The van der Waals surface area contributed by atoms with E-state index in [1.807, 2.05) is 36.9 Å². The van der Waals surface area contributed by atoms with Crippen molar-refractivity contribution in [1.29, 1.82) is 0 Å². The first-order chi connectivity index (χ1) is 14.9. The number of halogens is 1. The van der Waals surface area contributed by atoms with E-state index in [0.29, 0.717) is 13.1 Å². The number of para-hydroxylation sites is 1. The Morgan fingerprint density at radius 3 is 2.45 bits per heavy atom. The molecule has 0 atom stereocenters. The fourth-order valence-corrected chi connectivity index (χ4v) is 4.53. The summed E-state index contributed by atoms with van der Waals surface area (Å²) in [5.41, 5.74) is 4.30. The van der Waals surface area contributed by atoms with Gasteiger partial charge in [0.05, 0.1) is 16.2 Å². The normalized spacial score (nSPS) is 15.2. The molecule has 2 aromatic carbocycles. The number of hydrogen-bond acceptors (Lipinski definition) is 4. The van der Waals surface area contributed by atoms with Gasteiger partial charge in [-0.15, -0.1) is 0 Å². The smallest absolute Gasteiger partial charge is 0.255 e. The lowest BCUT2D eigenvalue weighted by Crippen LogP contribution is -2.46. The van der Waals surface area contributed by atoms with Gasteiger partial charge in [-0.2, -0.15) is 0 Å². The highest BCUT2D eigenvalue weighted by Gasteiger charge is 2.20. The molecular formula is C25H31ClN4O. The van der Waals surface area contributed by atoms with E-state index < -0.39 is 0 Å². The second kappa shape index (κ2) is 9.43. The molecule has 1 aliphatic heterocycles. The zero-order valence-corrected chi connectivity index (χ0v) is 19.4. The molecule has 1 aromatic heterocycles. The van der Waals surface area contributed by atoms with Crippen LogP contribution in [0.2, 0.25) is 5.02 Å². The van der Waals surface area contributed by atoms with E-state index in [9.17, 15) is 4.79 Å². The van der Waals surface area contributed by atoms with E-state index >= 15 is 0 Å². The van der Waals surface area contributed by atoms with Crippen molar-refractivity contribution >= 4 is 28.2 Å². The number of piperazine rings is 1. The summed E-state index contributed by atoms with van der Waals surface area (Å²) in [6, 6.07) is 16.5. The highest BCUT2D eigenvalue weighted by Crippen LogP contribution is 2.26. The van der Waals surface area contributed by atoms with Crippen LogP contribution in [0.15, 0.2) is 53.3 Å². The van der Waals surface area contributed by atoms with Crippen molar-refractivity contribution < 1.29 is 0 Å². The van der Waals surface area contributed by atoms with E-state index in [1.165, 1.54) is 5.56 Å². The highest BCUT2D eigenvalue weighted by atomic mass is 35.5. The van der Waals surface area contributed by atoms with Crippen LogP contribution in [-0.4, -0.2) is 61.2 Å². The maximum atomic E-state index is 13.4. The van der Waals surface area contributed by atoms with Crippen LogP contribution in [0.3, 0.4) is 0 Å². The van der Waals surface area contributed by atoms with Crippen LogP contribution in [0.25, 0.3) is 10.9 Å². The number of aryl methyl sites for hydroxylation is 1. The van der Waals surface area contributed by atoms with Crippen LogP contribution in [0.4, 0.5) is 5.69 Å². The molecular weight excluding hydrogens is 408 g/mol. The molecule has 4 rings (SSSR count). The van der Waals surface area contributed by atoms with Gasteiger partial charge in [-0.1, -0.05) is 35.9 Å². The predicted molar refractivity (Wildman–Crippen MR) is 130 cm³/mol. The second-order valence-corrected chi connectivity index (χ2v) is 9.11. The zero-order valence-electron chi connectivity index (χ0n) is 18.6. The summed E-state index contributed by atoms with van der Waals surface area (Å²) >= 11 is 6.38. The van der Waals surface area contributed by atoms with Crippen molar-refractivity contribution in [3.05, 3.63) is 75.0 Å². The van der Waals surface area contributed by atoms with Crippen LogP contribution in [0, 0.1) is 6.92 Å². The van der Waals surface area contributed by atoms with Crippen molar-refractivity contribution in [3.63, 3.8) is 0 Å². The van der Waals surface area contributed by atoms with Gasteiger partial charge in [0.25, 0.3) is 5.56 Å². The molecule has 0 aliphatic carbocycles. The van der Waals surface area contributed by atoms with E-state index in [0.717, 1.165) is 59.9 Å². The molecule has 31 heavy (non-hydrogen) atoms. The molecule has 0 amide bonds. The molecule has 1 saturated heterocycles. The number of nitrogens with zero attached hydrogens (tertiary/aromatic N) is 4. The molecule has 0 radical (unpaired) electrons. The van der Waals surface area contributed by atoms with Gasteiger partial charge in [-0.3, -0.25) is 9.69 Å². The first-order valence-corrected chi connectivity index (χ1v) is 11.3. The number of anilines is 1. The van der Waals surface area contributed by atoms with Gasteiger partial charge in [-0.05, 0) is 56.2 Å². The number of aromatic nitrogens is 1. The minimum Gasteiger partial charge on any atom is -0.368 e. The molecule has 0 saturated carbocycles. The van der Waals surface area contributed by atoms with Crippen LogP contribution >= 0.6 is 11.6 Å². The van der Waals surface area contributed by atoms with Gasteiger partial charge in [0.1, 0.15) is 0 Å². The van der Waals surface area contributed by atoms with Gasteiger partial charge in [-0.25, -0.2) is 0 Å². The van der Waals surface area contributed by atoms with Gasteiger partial charge in [0, 0.05) is 51.4 Å². The fourth-order valence-electron chi connectivity index (χ4n) is 4.27. The molecule has 2 heterocycles. The zero-order chi connectivity index (χ0) is 22.0. The maximum Gasteiger partial charge on any atom is 0.255 e. The highest BCUT2D eigenvalue weighted by molar-refractivity contribution is 6.33. The first-order valence-electron chi connectivity index (χ1n) is 10.9. The third-order valence-corrected chi connectivity index (χ3v) is 6.38. The van der Waals surface area contributed by atoms with Crippen molar-refractivity contribution in [2.24, 2.45) is 0 Å². The Balaban J connectivity index is 1.55. The standard InChI is InChI=1S/C25H31ClN4O/c1-19-8-9-20-17-21(25(31)30(24(20)16-19)15-10-27(2)3)18-28-11-13-29(14-12-28)23-7-5-4-6-22(23)26/h4-9,16-17H,10-15,18H2,1-3H3. The van der Waals surface area contributed by atoms with Crippen LogP contribution < -0.4 is 10.5 Å². The number of fused-ring (bicyclic) bond motifs is 1. The van der Waals surface area contributed by atoms with Crippen molar-refractivity contribution in [1.82, 2.24) is 14.4 Å². The lowest BCUT2D eigenvalue weighted by molar-refractivity contribution is 0.248. The molecule has 6 heteroatoms. The molecule has 164 valence electrons. The fraction of sp³-hybridized carbons (Fsp3) is 0.400. The molecule has 0 N–H and O–H groups in total. The van der Waals surface area contributed by atoms with E-state index in [-0.39, 0.29) is 5.56 Å². The lowest BCUT2D eigenvalue weighted by atomic mass is 10.1. The van der Waals surface area contributed by atoms with Crippen LogP contribution in [-0.2, 0) is 13.1 Å². The SMILES string of the molecule is Cc1ccc2cc(CN3CCN(c4ccccc4Cl)CC3)c(=O)n(CCN(C)C)c2c1. The summed E-state index contributed by atoms with van der Waals surface area (Å²) in [7, 11) is 4.08. The minimum absolute atomic E-state index is 0.133. The summed E-state index contributed by atoms with van der Waals surface area (Å²) < 4.78 is 1.96. The largest absolute Gasteiger partial charge is 0.368 e. The second-order valence-electron chi connectivity index (χ2n) is 8.71. The number of pyridine rings is 1. The Labute approximate surface area is 189 Å². The molecule has 0 spiro atoms. The maximum absolute atomic E-state index is 13.4. The summed E-state index contributed by atoms with van der Waals surface area (Å²) in [6.07, 6.45) is 0. The van der Waals surface area contributed by atoms with Crippen LogP contribution in [0.5, 0.6) is 0 Å². The predicted octanol–water partition coefficient (Wildman–Crippen LogP) is 3.85. The average Bonchev–Trinajstić information content (AvgIpc) is 2.75. The van der Waals surface area contributed by atoms with E-state index in [2.05, 4.69) is 52.0 Å². The van der Waals surface area contributed by atoms with Gasteiger partial charge < -0.3 is 14.4 Å². The number of benzene rings is 2. The monoisotopic (exact) mass is 438 g/mol. The Bertz CT molecular complexity index is 1120. The number of hydrogen-bond donors (Lipinski definition) is 0. The summed E-state index contributed by atoms with van der Waals surface area (Å²) in [6.45, 7) is 7.93. The topological polar surface area (TPSA) is 31.7 Å². The van der Waals surface area contributed by atoms with Gasteiger partial charge >= 0.3 is 0 Å². The molecule has 3 aromatic rings. The van der Waals surface area contributed by atoms with Crippen LogP contribution in [0.1, 0.15) is 11.1 Å². The number of likely N-dealkylation sites (N-methyl/N-ethyl adjacent to an activating group) is 1. The third kappa shape index (κ3) is 4.95. The first kappa shape index (κ1) is 21.9. The molecule has 1 fully saturated rings. The summed E-state index contributed by atoms with van der Waals surface area (Å²) in [5, 5.41) is 1.93. The third-order valence-electron chi connectivity index (χ3n) is 6.06. The molecule has 1 aliphatic rings. The molecule has 5 nitrogen and oxygen atoms in total. The average molecular weight is 439 g/mol. The quantitative estimate of drug-likeness (QED) is 0.585. The Kier molecular flexibility index (Phi) is 6.65. The van der Waals surface area contributed by atoms with Gasteiger partial charge in [0.15, 0.2) is 0 Å². The Hall–Kier alpha value is -2.34. The van der Waals surface area contributed by atoms with Crippen molar-refractivity contribution in [2.45, 2.75) is 20.0 Å². The minimum atomic E-state index is 0.133. The molecule has 0 bridgehead atoms. The Morgan fingerprint density at radius 2 is 1.74 bits per heavy atom. The van der Waals surface area contributed by atoms with E-state index in [4.69, 9.17) is 11.6 Å². The lowest BCUT2D eigenvalue weighted by Gasteiger charge is -2.36. The molecule has 0 unspecified atom stereocenters. The van der Waals surface area contributed by atoms with Gasteiger partial charge in [0.2, 0.25) is 0 Å². The van der Waals surface area contributed by atoms with E-state index in [1.54, 1.807) is 0 Å². The number of rotatable bonds is 6. The summed E-state index contributed by atoms with van der Waals surface area (Å²) in [4.78, 5) is 20.2.